The number of nitriles is 1. The molecule has 108 valence electrons. The van der Waals surface area contributed by atoms with Gasteiger partial charge in [-0.2, -0.15) is 5.26 Å². The Morgan fingerprint density at radius 3 is 2.55 bits per heavy atom. The Balaban J connectivity index is 1.98. The second-order valence-electron chi connectivity index (χ2n) is 4.66. The Morgan fingerprint density at radius 1 is 1.09 bits per heavy atom. The zero-order valence-electron chi connectivity index (χ0n) is 11.5. The summed E-state index contributed by atoms with van der Waals surface area (Å²) in [5.41, 5.74) is 1.59. The predicted octanol–water partition coefficient (Wildman–Crippen LogP) is 4.76. The lowest BCUT2D eigenvalue weighted by atomic mass is 10.1. The van der Waals surface area contributed by atoms with Crippen molar-refractivity contribution in [3.05, 3.63) is 64.7 Å². The normalized spacial score (nSPS) is 10.5. The fraction of sp³-hybridized carbons (Fsp3) is 0.0588. The van der Waals surface area contributed by atoms with Gasteiger partial charge in [0.1, 0.15) is 10.0 Å². The third kappa shape index (κ3) is 2.74. The first-order valence-corrected chi connectivity index (χ1v) is 7.95. The number of hydrogen-bond donors (Lipinski definition) is 1. The molecule has 0 fully saturated rings. The highest BCUT2D eigenvalue weighted by Crippen LogP contribution is 2.37. The minimum absolute atomic E-state index is 0.170. The summed E-state index contributed by atoms with van der Waals surface area (Å²) in [5, 5.41) is 21.6. The van der Waals surface area contributed by atoms with E-state index in [4.69, 9.17) is 16.9 Å². The second kappa shape index (κ2) is 6.27. The molecule has 5 heteroatoms. The molecule has 0 aliphatic carbocycles. The molecule has 2 aromatic carbocycles. The number of fused-ring (bicyclic) bond motifs is 1. The van der Waals surface area contributed by atoms with E-state index in [1.165, 1.54) is 11.8 Å². The lowest BCUT2D eigenvalue weighted by molar-refractivity contribution is 0.450. The van der Waals surface area contributed by atoms with Gasteiger partial charge in [-0.25, -0.2) is 4.98 Å². The molecule has 0 atom stereocenters. The number of halogens is 1. The van der Waals surface area contributed by atoms with E-state index in [1.807, 2.05) is 42.5 Å². The van der Waals surface area contributed by atoms with Gasteiger partial charge in [-0.05, 0) is 11.6 Å². The summed E-state index contributed by atoms with van der Waals surface area (Å²) in [6.45, 7) is 0. The molecule has 0 spiro atoms. The van der Waals surface area contributed by atoms with Crippen molar-refractivity contribution >= 4 is 34.1 Å². The highest BCUT2D eigenvalue weighted by molar-refractivity contribution is 7.98. The van der Waals surface area contributed by atoms with E-state index in [0.717, 1.165) is 16.3 Å². The van der Waals surface area contributed by atoms with E-state index in [1.54, 1.807) is 6.07 Å². The molecule has 1 heterocycles. The van der Waals surface area contributed by atoms with Crippen molar-refractivity contribution in [3.63, 3.8) is 0 Å². The minimum atomic E-state index is -0.170. The predicted molar refractivity (Wildman–Crippen MR) is 89.1 cm³/mol. The van der Waals surface area contributed by atoms with Crippen LogP contribution in [0.5, 0.6) is 5.88 Å². The number of rotatable bonds is 3. The van der Waals surface area contributed by atoms with Crippen LogP contribution in [-0.2, 0) is 5.75 Å². The topological polar surface area (TPSA) is 56.9 Å². The largest absolute Gasteiger partial charge is 0.492 e. The van der Waals surface area contributed by atoms with E-state index >= 15 is 0 Å². The molecule has 0 unspecified atom stereocenters. The Labute approximate surface area is 137 Å². The smallest absolute Gasteiger partial charge is 0.231 e. The monoisotopic (exact) mass is 326 g/mol. The summed E-state index contributed by atoms with van der Waals surface area (Å²) in [7, 11) is 0. The molecule has 0 radical (unpaired) electrons. The summed E-state index contributed by atoms with van der Waals surface area (Å²) < 4.78 is 0. The lowest BCUT2D eigenvalue weighted by Crippen LogP contribution is -1.90. The molecule has 1 N–H and O–H groups in total. The summed E-state index contributed by atoms with van der Waals surface area (Å²) in [5.74, 6) is 0.429. The van der Waals surface area contributed by atoms with Gasteiger partial charge >= 0.3 is 0 Å². The number of aromatic hydroxyl groups is 1. The van der Waals surface area contributed by atoms with Crippen LogP contribution in [0, 0.1) is 11.3 Å². The third-order valence-electron chi connectivity index (χ3n) is 3.30. The molecule has 3 rings (SSSR count). The molecule has 22 heavy (non-hydrogen) atoms. The summed E-state index contributed by atoms with van der Waals surface area (Å²) in [6, 6.07) is 17.2. The van der Waals surface area contributed by atoms with Gasteiger partial charge in [0.15, 0.2) is 0 Å². The molecule has 0 aliphatic heterocycles. The number of thioether (sulfide) groups is 1. The van der Waals surface area contributed by atoms with E-state index in [9.17, 15) is 5.11 Å². The number of aromatic nitrogens is 1. The highest BCUT2D eigenvalue weighted by atomic mass is 35.5. The van der Waals surface area contributed by atoms with Gasteiger partial charge in [-0.3, -0.25) is 0 Å². The van der Waals surface area contributed by atoms with Crippen molar-refractivity contribution in [2.45, 2.75) is 10.8 Å². The fourth-order valence-corrected chi connectivity index (χ4v) is 3.43. The Morgan fingerprint density at radius 2 is 1.77 bits per heavy atom. The van der Waals surface area contributed by atoms with Crippen LogP contribution < -0.4 is 0 Å². The van der Waals surface area contributed by atoms with E-state index in [2.05, 4.69) is 11.1 Å². The zero-order chi connectivity index (χ0) is 15.5. The molecule has 0 amide bonds. The fourth-order valence-electron chi connectivity index (χ4n) is 2.20. The summed E-state index contributed by atoms with van der Waals surface area (Å²) in [6.07, 6.45) is 0. The van der Waals surface area contributed by atoms with Gasteiger partial charge in [-0.15, -0.1) is 11.8 Å². The van der Waals surface area contributed by atoms with Crippen molar-refractivity contribution in [2.75, 3.05) is 0 Å². The standard InChI is InChI=1S/C17H11ClN2OS/c18-15-13-7-3-4-8-14(13)17(20-16(15)21)22-10-12-6-2-1-5-11(12)9-19/h1-8H,10H2,(H,20,21). The van der Waals surface area contributed by atoms with Crippen LogP contribution in [0.3, 0.4) is 0 Å². The van der Waals surface area contributed by atoms with Crippen LogP contribution in [0.25, 0.3) is 10.8 Å². The summed E-state index contributed by atoms with van der Waals surface area (Å²) >= 11 is 7.57. The number of pyridine rings is 1. The summed E-state index contributed by atoms with van der Waals surface area (Å²) in [4.78, 5) is 4.18. The molecule has 3 nitrogen and oxygen atoms in total. The highest BCUT2D eigenvalue weighted by Gasteiger charge is 2.12. The molecule has 1 aromatic heterocycles. The van der Waals surface area contributed by atoms with E-state index in [0.29, 0.717) is 16.3 Å². The maximum Gasteiger partial charge on any atom is 0.231 e. The van der Waals surface area contributed by atoms with Crippen LogP contribution >= 0.6 is 23.4 Å². The zero-order valence-corrected chi connectivity index (χ0v) is 13.0. The lowest BCUT2D eigenvalue weighted by Gasteiger charge is -2.09. The van der Waals surface area contributed by atoms with Gasteiger partial charge in [0, 0.05) is 16.5 Å². The third-order valence-corrected chi connectivity index (χ3v) is 4.71. The molecule has 0 saturated carbocycles. The average Bonchev–Trinajstić information content (AvgIpc) is 2.57. The van der Waals surface area contributed by atoms with Crippen LogP contribution in [-0.4, -0.2) is 10.1 Å². The SMILES string of the molecule is N#Cc1ccccc1CSc1nc(O)c(Cl)c2ccccc12. The molecule has 0 aliphatic rings. The molecule has 3 aromatic rings. The van der Waals surface area contributed by atoms with Gasteiger partial charge < -0.3 is 5.11 Å². The van der Waals surface area contributed by atoms with Gasteiger partial charge in [0.2, 0.25) is 5.88 Å². The van der Waals surface area contributed by atoms with Gasteiger partial charge in [0.25, 0.3) is 0 Å². The number of benzene rings is 2. The number of hydrogen-bond acceptors (Lipinski definition) is 4. The first-order valence-electron chi connectivity index (χ1n) is 6.58. The van der Waals surface area contributed by atoms with Gasteiger partial charge in [0.05, 0.1) is 11.6 Å². The first-order chi connectivity index (χ1) is 10.7. The Bertz CT molecular complexity index is 889. The Hall–Kier alpha value is -2.22. The quantitative estimate of drug-likeness (QED) is 0.705. The van der Waals surface area contributed by atoms with E-state index in [-0.39, 0.29) is 10.9 Å². The van der Waals surface area contributed by atoms with Crippen molar-refractivity contribution in [3.8, 4) is 11.9 Å². The second-order valence-corrected chi connectivity index (χ2v) is 6.00. The maximum absolute atomic E-state index is 9.89. The molecule has 0 saturated heterocycles. The van der Waals surface area contributed by atoms with E-state index < -0.39 is 0 Å². The minimum Gasteiger partial charge on any atom is -0.492 e. The number of nitrogens with zero attached hydrogens (tertiary/aromatic N) is 2. The van der Waals surface area contributed by atoms with Crippen LogP contribution in [0.15, 0.2) is 53.6 Å². The van der Waals surface area contributed by atoms with Crippen LogP contribution in [0.2, 0.25) is 5.02 Å². The van der Waals surface area contributed by atoms with Crippen LogP contribution in [0.4, 0.5) is 0 Å². The maximum atomic E-state index is 9.89. The average molecular weight is 327 g/mol. The van der Waals surface area contributed by atoms with Gasteiger partial charge in [-0.1, -0.05) is 54.1 Å². The van der Waals surface area contributed by atoms with Crippen molar-refractivity contribution < 1.29 is 5.11 Å². The molecule has 0 bridgehead atoms. The molecular weight excluding hydrogens is 316 g/mol. The first kappa shape index (κ1) is 14.7. The van der Waals surface area contributed by atoms with Crippen molar-refractivity contribution in [1.82, 2.24) is 4.98 Å². The van der Waals surface area contributed by atoms with Crippen molar-refractivity contribution in [1.29, 1.82) is 5.26 Å². The molecular formula is C17H11ClN2OS. The van der Waals surface area contributed by atoms with Crippen molar-refractivity contribution in [2.24, 2.45) is 0 Å². The Kier molecular flexibility index (Phi) is 4.19. The van der Waals surface area contributed by atoms with Crippen LogP contribution in [0.1, 0.15) is 11.1 Å².